The predicted octanol–water partition coefficient (Wildman–Crippen LogP) is 4.23. The number of aliphatic imine (C=N–C) groups is 1. The van der Waals surface area contributed by atoms with E-state index < -0.39 is 16.7 Å². The Morgan fingerprint density at radius 1 is 0.971 bits per heavy atom. The van der Waals surface area contributed by atoms with Crippen molar-refractivity contribution in [2.75, 3.05) is 19.8 Å². The fourth-order valence-corrected chi connectivity index (χ4v) is 5.50. The van der Waals surface area contributed by atoms with Crippen LogP contribution in [0.4, 0.5) is 10.1 Å². The number of rotatable bonds is 7. The molecule has 1 aliphatic rings. The van der Waals surface area contributed by atoms with E-state index in [1.165, 1.54) is 6.07 Å². The first kappa shape index (κ1) is 22.7. The van der Waals surface area contributed by atoms with Crippen LogP contribution in [0.2, 0.25) is 0 Å². The van der Waals surface area contributed by atoms with Gasteiger partial charge >= 0.3 is 0 Å². The summed E-state index contributed by atoms with van der Waals surface area (Å²) in [6, 6.07) is 17.6. The van der Waals surface area contributed by atoms with Gasteiger partial charge in [-0.1, -0.05) is 12.1 Å². The van der Waals surface area contributed by atoms with Crippen molar-refractivity contribution >= 4 is 21.5 Å². The minimum Gasteiger partial charge on any atom is -0.486 e. The molecule has 2 aromatic heterocycles. The molecule has 0 spiro atoms. The number of nitrogens with zero attached hydrogens (tertiary/aromatic N) is 5. The van der Waals surface area contributed by atoms with Crippen molar-refractivity contribution < 1.29 is 17.5 Å². The SMILES string of the molecule is Cn1cc(-c2ccncc2)c(-c2ccc(OCC3=Nc4ccccc4S(=O)(=O)N3CC[18F])cc2)n1. The summed E-state index contributed by atoms with van der Waals surface area (Å²) >= 11 is 0. The number of amidine groups is 1. The van der Waals surface area contributed by atoms with Gasteiger partial charge in [-0.3, -0.25) is 9.67 Å². The molecule has 10 heteroatoms. The van der Waals surface area contributed by atoms with Gasteiger partial charge in [0, 0.05) is 36.8 Å². The van der Waals surface area contributed by atoms with Crippen LogP contribution in [0.3, 0.4) is 0 Å². The summed E-state index contributed by atoms with van der Waals surface area (Å²) in [5, 5.41) is 4.60. The minimum atomic E-state index is -3.90. The summed E-state index contributed by atoms with van der Waals surface area (Å²) in [6.45, 7) is -1.28. The van der Waals surface area contributed by atoms with Gasteiger partial charge in [0.25, 0.3) is 10.0 Å². The van der Waals surface area contributed by atoms with E-state index >= 15 is 0 Å². The average molecular weight is 491 g/mol. The number of pyridine rings is 1. The maximum Gasteiger partial charge on any atom is 0.267 e. The van der Waals surface area contributed by atoms with Crippen molar-refractivity contribution in [1.82, 2.24) is 19.1 Å². The van der Waals surface area contributed by atoms with Gasteiger partial charge in [-0.25, -0.2) is 22.1 Å². The first-order valence-electron chi connectivity index (χ1n) is 10.9. The minimum absolute atomic E-state index is 0.0573. The molecule has 0 fully saturated rings. The molecule has 0 radical (unpaired) electrons. The van der Waals surface area contributed by atoms with Crippen molar-refractivity contribution in [2.45, 2.75) is 4.90 Å². The number of aryl methyl sites for hydroxylation is 1. The van der Waals surface area contributed by atoms with Crippen LogP contribution in [-0.2, 0) is 17.1 Å². The number of fused-ring (bicyclic) bond motifs is 1. The number of alkyl halides is 1. The van der Waals surface area contributed by atoms with Crippen LogP contribution in [-0.4, -0.2) is 53.1 Å². The highest BCUT2D eigenvalue weighted by atomic mass is 32.2. The van der Waals surface area contributed by atoms with E-state index in [1.807, 2.05) is 37.5 Å². The quantitative estimate of drug-likeness (QED) is 0.387. The summed E-state index contributed by atoms with van der Waals surface area (Å²) in [5.41, 5.74) is 4.02. The lowest BCUT2D eigenvalue weighted by molar-refractivity contribution is 0.353. The van der Waals surface area contributed by atoms with Crippen LogP contribution in [0, 0.1) is 0 Å². The number of benzene rings is 2. The zero-order valence-corrected chi connectivity index (χ0v) is 19.7. The number of para-hydroxylation sites is 1. The van der Waals surface area contributed by atoms with Gasteiger partial charge in [0.15, 0.2) is 5.84 Å². The Labute approximate surface area is 202 Å². The number of sulfonamides is 1. The van der Waals surface area contributed by atoms with Crippen LogP contribution in [0.1, 0.15) is 0 Å². The maximum absolute atomic E-state index is 13.2. The molecule has 0 unspecified atom stereocenters. The van der Waals surface area contributed by atoms with Gasteiger partial charge in [-0.15, -0.1) is 0 Å². The maximum atomic E-state index is 13.2. The van der Waals surface area contributed by atoms with E-state index in [4.69, 9.17) is 4.74 Å². The van der Waals surface area contributed by atoms with Crippen molar-refractivity contribution in [1.29, 1.82) is 0 Å². The zero-order valence-electron chi connectivity index (χ0n) is 18.9. The van der Waals surface area contributed by atoms with Crippen LogP contribution in [0.25, 0.3) is 22.4 Å². The molecule has 178 valence electrons. The molecule has 0 atom stereocenters. The fraction of sp³-hybridized carbons (Fsp3) is 0.160. The Balaban J connectivity index is 1.38. The molecule has 35 heavy (non-hydrogen) atoms. The largest absolute Gasteiger partial charge is 0.486 e. The molecule has 4 aromatic rings. The Hall–Kier alpha value is -4.05. The Kier molecular flexibility index (Phi) is 6.04. The van der Waals surface area contributed by atoms with Crippen molar-refractivity contribution in [3.8, 4) is 28.1 Å². The second-order valence-corrected chi connectivity index (χ2v) is 9.71. The molecule has 5 rings (SSSR count). The van der Waals surface area contributed by atoms with Gasteiger partial charge in [-0.2, -0.15) is 5.10 Å². The van der Waals surface area contributed by atoms with Crippen molar-refractivity contribution in [3.63, 3.8) is 0 Å². The number of ether oxygens (including phenoxy) is 1. The highest BCUT2D eigenvalue weighted by molar-refractivity contribution is 7.90. The standard InChI is InChI=1S/C25H22FN5O3S/c1-30-16-21(18-10-13-27-14-11-18)25(29-30)19-6-8-20(9-7-19)34-17-24-28-22-4-2-3-5-23(22)35(32,33)31(24)15-12-26/h2-11,13-14,16H,12,15,17H2,1H3/i26-1. The number of hydrogen-bond acceptors (Lipinski definition) is 6. The predicted molar refractivity (Wildman–Crippen MR) is 131 cm³/mol. The van der Waals surface area contributed by atoms with E-state index in [0.29, 0.717) is 11.4 Å². The molecule has 0 saturated carbocycles. The van der Waals surface area contributed by atoms with E-state index in [0.717, 1.165) is 26.7 Å². The zero-order chi connectivity index (χ0) is 24.4. The molecule has 0 bridgehead atoms. The molecule has 0 saturated heterocycles. The topological polar surface area (TPSA) is 89.7 Å². The first-order chi connectivity index (χ1) is 17.0. The van der Waals surface area contributed by atoms with Gasteiger partial charge in [0.05, 0.1) is 12.2 Å². The lowest BCUT2D eigenvalue weighted by Crippen LogP contribution is -2.43. The molecule has 1 aliphatic heterocycles. The molecule has 3 heterocycles. The van der Waals surface area contributed by atoms with E-state index in [2.05, 4.69) is 15.1 Å². The molecule has 2 aromatic carbocycles. The van der Waals surface area contributed by atoms with Gasteiger partial charge in [-0.05, 0) is 54.1 Å². The second-order valence-electron chi connectivity index (χ2n) is 7.88. The van der Waals surface area contributed by atoms with Gasteiger partial charge in [0.2, 0.25) is 0 Å². The third-order valence-electron chi connectivity index (χ3n) is 5.57. The molecule has 0 amide bonds. The highest BCUT2D eigenvalue weighted by Crippen LogP contribution is 2.33. The van der Waals surface area contributed by atoms with E-state index in [9.17, 15) is 12.8 Å². The van der Waals surface area contributed by atoms with Crippen LogP contribution >= 0.6 is 0 Å². The van der Waals surface area contributed by atoms with Gasteiger partial charge in [0.1, 0.15) is 29.6 Å². The lowest BCUT2D eigenvalue weighted by atomic mass is 10.0. The average Bonchev–Trinajstić information content (AvgIpc) is 3.27. The monoisotopic (exact) mass is 490 g/mol. The molecular formula is C25H22FN5O3S. The molecule has 0 aliphatic carbocycles. The molecule has 8 nitrogen and oxygen atoms in total. The van der Waals surface area contributed by atoms with Gasteiger partial charge < -0.3 is 4.74 Å². The normalized spacial score (nSPS) is 14.3. The first-order valence-corrected chi connectivity index (χ1v) is 12.3. The summed E-state index contributed by atoms with van der Waals surface area (Å²) in [6.07, 6.45) is 5.43. The third kappa shape index (κ3) is 4.40. The number of aromatic nitrogens is 3. The summed E-state index contributed by atoms with van der Waals surface area (Å²) in [4.78, 5) is 8.55. The van der Waals surface area contributed by atoms with Crippen molar-refractivity contribution in [3.05, 3.63) is 79.3 Å². The number of hydrogen-bond donors (Lipinski definition) is 0. The van der Waals surface area contributed by atoms with E-state index in [1.54, 1.807) is 47.4 Å². The summed E-state index contributed by atoms with van der Waals surface area (Å²) in [7, 11) is -2.04. The Morgan fingerprint density at radius 2 is 1.71 bits per heavy atom. The number of halogens is 1. The van der Waals surface area contributed by atoms with Crippen LogP contribution in [0.15, 0.2) is 89.1 Å². The lowest BCUT2D eigenvalue weighted by Gasteiger charge is -2.28. The second kappa shape index (κ2) is 9.30. The van der Waals surface area contributed by atoms with E-state index in [-0.39, 0.29) is 23.9 Å². The summed E-state index contributed by atoms with van der Waals surface area (Å²) < 4.78 is 47.7. The Morgan fingerprint density at radius 3 is 2.46 bits per heavy atom. The Bertz CT molecular complexity index is 1490. The van der Waals surface area contributed by atoms with Crippen LogP contribution in [0.5, 0.6) is 5.75 Å². The third-order valence-corrected chi connectivity index (χ3v) is 7.45. The van der Waals surface area contributed by atoms with Crippen molar-refractivity contribution in [2.24, 2.45) is 12.0 Å². The smallest absolute Gasteiger partial charge is 0.267 e. The summed E-state index contributed by atoms with van der Waals surface area (Å²) in [5.74, 6) is 0.657. The molecular weight excluding hydrogens is 468 g/mol. The fourth-order valence-electron chi connectivity index (χ4n) is 3.95. The van der Waals surface area contributed by atoms with Crippen LogP contribution < -0.4 is 4.74 Å². The molecule has 0 N–H and O–H groups in total. The highest BCUT2D eigenvalue weighted by Gasteiger charge is 2.33.